The van der Waals surface area contributed by atoms with Crippen LogP contribution in [0.2, 0.25) is 5.02 Å². The lowest BCUT2D eigenvalue weighted by Crippen LogP contribution is -2.45. The minimum atomic E-state index is -3.06. The average molecular weight is 500 g/mol. The highest BCUT2D eigenvalue weighted by Crippen LogP contribution is 2.38. The van der Waals surface area contributed by atoms with Gasteiger partial charge in [-0.05, 0) is 52.4 Å². The molecule has 2 aromatic heterocycles. The molecule has 34 heavy (non-hydrogen) atoms. The molecule has 0 aromatic carbocycles. The van der Waals surface area contributed by atoms with Crippen molar-refractivity contribution in [3.8, 4) is 17.0 Å². The number of aromatic nitrogens is 3. The van der Waals surface area contributed by atoms with E-state index < -0.39 is 18.1 Å². The Hall–Kier alpha value is -2.46. The van der Waals surface area contributed by atoms with Gasteiger partial charge in [-0.1, -0.05) is 18.5 Å². The number of hydrogen-bond donors (Lipinski definition) is 3. The molecule has 3 rings (SSSR count). The van der Waals surface area contributed by atoms with E-state index in [1.165, 1.54) is 16.9 Å². The maximum atomic E-state index is 13.2. The van der Waals surface area contributed by atoms with E-state index in [0.29, 0.717) is 31.1 Å². The number of hydrogen-bond acceptors (Lipinski definition) is 6. The van der Waals surface area contributed by atoms with E-state index in [0.717, 1.165) is 12.8 Å². The van der Waals surface area contributed by atoms with Gasteiger partial charge in [0.05, 0.1) is 21.9 Å². The summed E-state index contributed by atoms with van der Waals surface area (Å²) < 4.78 is 32.5. The van der Waals surface area contributed by atoms with Gasteiger partial charge in [0.1, 0.15) is 11.6 Å². The molecule has 0 unspecified atom stereocenters. The van der Waals surface area contributed by atoms with E-state index >= 15 is 0 Å². The average Bonchev–Trinajstić information content (AvgIpc) is 3.10. The lowest BCUT2D eigenvalue weighted by molar-refractivity contribution is -0.0494. The van der Waals surface area contributed by atoms with Crippen molar-refractivity contribution in [1.82, 2.24) is 20.1 Å². The van der Waals surface area contributed by atoms with Gasteiger partial charge in [0.2, 0.25) is 0 Å². The van der Waals surface area contributed by atoms with Crippen LogP contribution in [0.15, 0.2) is 12.3 Å². The fourth-order valence-electron chi connectivity index (χ4n) is 4.06. The number of ether oxygens (including phenoxy) is 1. The normalized spacial score (nSPS) is 20.6. The first-order valence-electron chi connectivity index (χ1n) is 11.5. The number of aliphatic hydroxyl groups is 1. The number of alkyl halides is 2. The third-order valence-electron chi connectivity index (χ3n) is 5.97. The van der Waals surface area contributed by atoms with Gasteiger partial charge in [-0.3, -0.25) is 9.48 Å². The molecule has 1 saturated carbocycles. The van der Waals surface area contributed by atoms with Gasteiger partial charge in [0, 0.05) is 31.4 Å². The van der Waals surface area contributed by atoms with Crippen molar-refractivity contribution in [2.45, 2.75) is 78.2 Å². The van der Waals surface area contributed by atoms with Gasteiger partial charge in [-0.25, -0.2) is 4.98 Å². The van der Waals surface area contributed by atoms with Crippen LogP contribution in [-0.2, 0) is 6.54 Å². The number of anilines is 1. The van der Waals surface area contributed by atoms with Gasteiger partial charge in [0.15, 0.2) is 5.69 Å². The predicted octanol–water partition coefficient (Wildman–Crippen LogP) is 4.71. The van der Waals surface area contributed by atoms with Crippen molar-refractivity contribution in [2.75, 3.05) is 11.9 Å². The minimum Gasteiger partial charge on any atom is -0.434 e. The highest BCUT2D eigenvalue weighted by molar-refractivity contribution is 6.36. The summed E-state index contributed by atoms with van der Waals surface area (Å²) >= 11 is 6.55. The Morgan fingerprint density at radius 2 is 2.06 bits per heavy atom. The Morgan fingerprint density at radius 3 is 2.65 bits per heavy atom. The molecule has 0 aliphatic heterocycles. The SMILES string of the molecule is CCn1nc(C(=O)NCC2(O)CCC(C)CC2)c(Cl)c1-c1cnc(NC(C)C)cc1OC(F)F. The van der Waals surface area contributed by atoms with Crippen LogP contribution in [0.25, 0.3) is 11.3 Å². The molecule has 1 aliphatic carbocycles. The molecule has 0 saturated heterocycles. The summed E-state index contributed by atoms with van der Waals surface area (Å²) in [7, 11) is 0. The highest BCUT2D eigenvalue weighted by Gasteiger charge is 2.33. The summed E-state index contributed by atoms with van der Waals surface area (Å²) in [4.78, 5) is 17.2. The molecule has 1 amide bonds. The van der Waals surface area contributed by atoms with Crippen LogP contribution >= 0.6 is 11.6 Å². The minimum absolute atomic E-state index is 0.00547. The first-order chi connectivity index (χ1) is 16.0. The van der Waals surface area contributed by atoms with Crippen molar-refractivity contribution in [2.24, 2.45) is 5.92 Å². The molecule has 3 N–H and O–H groups in total. The number of nitrogens with one attached hydrogen (secondary N) is 2. The van der Waals surface area contributed by atoms with Crippen LogP contribution in [-0.4, -0.2) is 50.6 Å². The molecule has 0 spiro atoms. The summed E-state index contributed by atoms with van der Waals surface area (Å²) in [5, 5.41) is 20.8. The van der Waals surface area contributed by atoms with Crippen LogP contribution in [0.4, 0.5) is 14.6 Å². The quantitative estimate of drug-likeness (QED) is 0.462. The molecule has 1 fully saturated rings. The number of carbonyl (C=O) groups excluding carboxylic acids is 1. The van der Waals surface area contributed by atoms with Crippen molar-refractivity contribution < 1.29 is 23.4 Å². The van der Waals surface area contributed by atoms with E-state index in [-0.39, 0.29) is 40.3 Å². The monoisotopic (exact) mass is 499 g/mol. The van der Waals surface area contributed by atoms with Crippen molar-refractivity contribution in [1.29, 1.82) is 0 Å². The summed E-state index contributed by atoms with van der Waals surface area (Å²) in [6.45, 7) is 5.05. The van der Waals surface area contributed by atoms with E-state index in [2.05, 4.69) is 27.6 Å². The maximum absolute atomic E-state index is 13.2. The molecule has 0 radical (unpaired) electrons. The molecule has 188 valence electrons. The number of pyridine rings is 1. The maximum Gasteiger partial charge on any atom is 0.387 e. The molecule has 0 atom stereocenters. The fraction of sp³-hybridized carbons (Fsp3) is 0.609. The Kier molecular flexibility index (Phi) is 8.35. The number of carbonyl (C=O) groups is 1. The van der Waals surface area contributed by atoms with E-state index in [9.17, 15) is 18.7 Å². The van der Waals surface area contributed by atoms with E-state index in [4.69, 9.17) is 16.3 Å². The molecule has 2 aromatic rings. The van der Waals surface area contributed by atoms with Gasteiger partial charge in [0.25, 0.3) is 5.91 Å². The van der Waals surface area contributed by atoms with E-state index in [1.54, 1.807) is 6.92 Å². The van der Waals surface area contributed by atoms with Gasteiger partial charge < -0.3 is 20.5 Å². The first-order valence-corrected chi connectivity index (χ1v) is 11.9. The largest absolute Gasteiger partial charge is 0.434 e. The zero-order valence-corrected chi connectivity index (χ0v) is 20.6. The van der Waals surface area contributed by atoms with Crippen LogP contribution in [0.5, 0.6) is 5.75 Å². The summed E-state index contributed by atoms with van der Waals surface area (Å²) in [6.07, 6.45) is 4.36. The third-order valence-corrected chi connectivity index (χ3v) is 6.32. The first kappa shape index (κ1) is 26.2. The molecular formula is C23H32ClF2N5O3. The molecule has 1 aliphatic rings. The van der Waals surface area contributed by atoms with Gasteiger partial charge in [-0.15, -0.1) is 0 Å². The highest BCUT2D eigenvalue weighted by atomic mass is 35.5. The Labute approximate surface area is 203 Å². The number of aryl methyl sites for hydroxylation is 1. The Bertz CT molecular complexity index is 1010. The van der Waals surface area contributed by atoms with Crippen molar-refractivity contribution >= 4 is 23.3 Å². The topological polar surface area (TPSA) is 101 Å². The fourth-order valence-corrected chi connectivity index (χ4v) is 4.38. The van der Waals surface area contributed by atoms with Crippen LogP contribution < -0.4 is 15.4 Å². The Morgan fingerprint density at radius 1 is 1.38 bits per heavy atom. The lowest BCUT2D eigenvalue weighted by atomic mass is 9.79. The second-order valence-corrected chi connectivity index (χ2v) is 9.54. The zero-order chi connectivity index (χ0) is 25.0. The summed E-state index contributed by atoms with van der Waals surface area (Å²) in [5.41, 5.74) is -0.586. The number of amides is 1. The lowest BCUT2D eigenvalue weighted by Gasteiger charge is -2.34. The molecule has 0 bridgehead atoms. The summed E-state index contributed by atoms with van der Waals surface area (Å²) in [5.74, 6) is 0.227. The number of halogens is 3. The molecule has 2 heterocycles. The number of rotatable bonds is 9. The zero-order valence-electron chi connectivity index (χ0n) is 19.9. The van der Waals surface area contributed by atoms with Crippen LogP contribution in [0.3, 0.4) is 0 Å². The summed E-state index contributed by atoms with van der Waals surface area (Å²) in [6, 6.07) is 1.39. The molecule has 8 nitrogen and oxygen atoms in total. The number of nitrogens with zero attached hydrogens (tertiary/aromatic N) is 3. The van der Waals surface area contributed by atoms with Crippen LogP contribution in [0.1, 0.15) is 63.9 Å². The van der Waals surface area contributed by atoms with Crippen molar-refractivity contribution in [3.05, 3.63) is 23.0 Å². The predicted molar refractivity (Wildman–Crippen MR) is 126 cm³/mol. The van der Waals surface area contributed by atoms with Crippen LogP contribution in [0, 0.1) is 5.92 Å². The second kappa shape index (κ2) is 10.9. The smallest absolute Gasteiger partial charge is 0.387 e. The van der Waals surface area contributed by atoms with Gasteiger partial charge in [-0.2, -0.15) is 13.9 Å². The van der Waals surface area contributed by atoms with E-state index in [1.807, 2.05) is 13.8 Å². The molecular weight excluding hydrogens is 468 g/mol. The molecule has 11 heteroatoms. The second-order valence-electron chi connectivity index (χ2n) is 9.16. The van der Waals surface area contributed by atoms with Crippen molar-refractivity contribution in [3.63, 3.8) is 0 Å². The Balaban J connectivity index is 1.90. The van der Waals surface area contributed by atoms with Gasteiger partial charge >= 0.3 is 6.61 Å². The third kappa shape index (κ3) is 6.15. The standard InChI is InChI=1S/C23H32ClF2N5O3/c1-5-31-20(15-11-27-17(29-13(2)3)10-16(15)34-22(25)26)18(24)19(30-31)21(32)28-12-23(33)8-6-14(4)7-9-23/h10-11,13-14,22,33H,5-9,12H2,1-4H3,(H,27,29)(H,28,32).